The maximum absolute atomic E-state index is 12.0. The minimum absolute atomic E-state index is 0.104. The van der Waals surface area contributed by atoms with Crippen molar-refractivity contribution in [1.82, 2.24) is 4.90 Å². The zero-order valence-corrected chi connectivity index (χ0v) is 13.4. The van der Waals surface area contributed by atoms with Crippen LogP contribution in [0.3, 0.4) is 0 Å². The van der Waals surface area contributed by atoms with Gasteiger partial charge >= 0.3 is 0 Å². The molecule has 0 heterocycles. The highest BCUT2D eigenvalue weighted by molar-refractivity contribution is 9.10. The van der Waals surface area contributed by atoms with Crippen molar-refractivity contribution in [3.63, 3.8) is 0 Å². The van der Waals surface area contributed by atoms with Crippen molar-refractivity contribution < 1.29 is 9.53 Å². The maximum atomic E-state index is 12.0. The average molecular weight is 328 g/mol. The molecule has 1 aromatic carbocycles. The van der Waals surface area contributed by atoms with Crippen molar-refractivity contribution in [3.05, 3.63) is 30.3 Å². The fourth-order valence-corrected chi connectivity index (χ4v) is 1.96. The Morgan fingerprint density at radius 3 is 2.53 bits per heavy atom. The van der Waals surface area contributed by atoms with Crippen molar-refractivity contribution in [1.29, 1.82) is 0 Å². The number of halogens is 1. The largest absolute Gasteiger partial charge is 0.494 e. The topological polar surface area (TPSA) is 29.5 Å². The number of hydrogen-bond acceptors (Lipinski definition) is 2. The summed E-state index contributed by atoms with van der Waals surface area (Å²) < 4.78 is 5.59. The number of rotatable bonds is 7. The second-order valence-electron chi connectivity index (χ2n) is 4.92. The first-order valence-corrected chi connectivity index (χ1v) is 7.51. The van der Waals surface area contributed by atoms with Gasteiger partial charge in [0.1, 0.15) is 5.75 Å². The molecule has 3 nitrogen and oxygen atoms in total. The number of alkyl halides is 1. The highest BCUT2D eigenvalue weighted by Crippen LogP contribution is 2.14. The van der Waals surface area contributed by atoms with Gasteiger partial charge in [0.25, 0.3) is 0 Å². The van der Waals surface area contributed by atoms with Crippen LogP contribution in [0.4, 0.5) is 0 Å². The molecule has 0 spiro atoms. The maximum Gasteiger partial charge on any atom is 0.236 e. The van der Waals surface area contributed by atoms with E-state index in [2.05, 4.69) is 15.9 Å². The second kappa shape index (κ2) is 8.20. The lowest BCUT2D eigenvalue weighted by atomic mass is 10.1. The van der Waals surface area contributed by atoms with E-state index in [0.717, 1.165) is 12.2 Å². The normalized spacial score (nSPS) is 12.3. The van der Waals surface area contributed by atoms with Crippen LogP contribution in [-0.4, -0.2) is 35.8 Å². The van der Waals surface area contributed by atoms with Gasteiger partial charge in [-0.25, -0.2) is 0 Å². The molecule has 0 bridgehead atoms. The molecule has 0 radical (unpaired) electrons. The molecule has 1 rings (SSSR count). The highest BCUT2D eigenvalue weighted by atomic mass is 79.9. The Bertz CT molecular complexity index is 381. The van der Waals surface area contributed by atoms with Crippen LogP contribution in [0, 0.1) is 5.92 Å². The number of amides is 1. The lowest BCUT2D eigenvalue weighted by Gasteiger charge is -2.22. The van der Waals surface area contributed by atoms with Crippen molar-refractivity contribution in [2.75, 3.05) is 20.2 Å². The summed E-state index contributed by atoms with van der Waals surface area (Å²) in [4.78, 5) is 13.6. The molecule has 106 valence electrons. The molecule has 0 fully saturated rings. The quantitative estimate of drug-likeness (QED) is 0.568. The number of para-hydroxylation sites is 1. The van der Waals surface area contributed by atoms with Gasteiger partial charge in [-0.2, -0.15) is 0 Å². The third-order valence-electron chi connectivity index (χ3n) is 2.85. The zero-order valence-electron chi connectivity index (χ0n) is 11.8. The Balaban J connectivity index is 2.24. The third kappa shape index (κ3) is 5.64. The summed E-state index contributed by atoms with van der Waals surface area (Å²) in [6, 6.07) is 9.72. The van der Waals surface area contributed by atoms with Crippen molar-refractivity contribution in [2.24, 2.45) is 5.92 Å². The molecule has 0 saturated heterocycles. The summed E-state index contributed by atoms with van der Waals surface area (Å²) >= 11 is 3.43. The molecule has 19 heavy (non-hydrogen) atoms. The Kier molecular flexibility index (Phi) is 6.92. The van der Waals surface area contributed by atoms with Gasteiger partial charge in [0.15, 0.2) is 0 Å². The fraction of sp³-hybridized carbons (Fsp3) is 0.533. The van der Waals surface area contributed by atoms with Crippen LogP contribution in [0.15, 0.2) is 30.3 Å². The molecule has 0 aliphatic carbocycles. The highest BCUT2D eigenvalue weighted by Gasteiger charge is 2.21. The van der Waals surface area contributed by atoms with Gasteiger partial charge in [-0.3, -0.25) is 4.79 Å². The number of nitrogens with zero attached hydrogens (tertiary/aromatic N) is 1. The Morgan fingerprint density at radius 1 is 1.32 bits per heavy atom. The van der Waals surface area contributed by atoms with Gasteiger partial charge < -0.3 is 9.64 Å². The molecule has 1 atom stereocenters. The molecule has 1 unspecified atom stereocenters. The number of benzene rings is 1. The van der Waals surface area contributed by atoms with Crippen LogP contribution in [0.1, 0.15) is 20.3 Å². The van der Waals surface area contributed by atoms with E-state index in [1.165, 1.54) is 0 Å². The zero-order chi connectivity index (χ0) is 14.3. The third-order valence-corrected chi connectivity index (χ3v) is 4.30. The monoisotopic (exact) mass is 327 g/mol. The standard InChI is InChI=1S/C15H22BrNO2/c1-12(2)14(16)15(18)17(3)10-7-11-19-13-8-5-4-6-9-13/h4-6,8-9,12,14H,7,10-11H2,1-3H3. The number of hydrogen-bond donors (Lipinski definition) is 0. The first kappa shape index (κ1) is 16.0. The molecular formula is C15H22BrNO2. The summed E-state index contributed by atoms with van der Waals surface area (Å²) in [5.41, 5.74) is 0. The Morgan fingerprint density at radius 2 is 1.95 bits per heavy atom. The lowest BCUT2D eigenvalue weighted by molar-refractivity contribution is -0.129. The Labute approximate surface area is 124 Å². The minimum Gasteiger partial charge on any atom is -0.494 e. The first-order valence-electron chi connectivity index (χ1n) is 6.59. The van der Waals surface area contributed by atoms with Crippen molar-refractivity contribution >= 4 is 21.8 Å². The van der Waals surface area contributed by atoms with E-state index in [-0.39, 0.29) is 10.7 Å². The molecule has 0 aliphatic heterocycles. The lowest BCUT2D eigenvalue weighted by Crippen LogP contribution is -2.36. The van der Waals surface area contributed by atoms with Crippen LogP contribution in [-0.2, 0) is 4.79 Å². The summed E-state index contributed by atoms with van der Waals surface area (Å²) in [6.45, 7) is 5.39. The molecule has 4 heteroatoms. The van der Waals surface area contributed by atoms with Crippen LogP contribution in [0.25, 0.3) is 0 Å². The van der Waals surface area contributed by atoms with Crippen molar-refractivity contribution in [3.8, 4) is 5.75 Å². The summed E-state index contributed by atoms with van der Waals surface area (Å²) in [5.74, 6) is 1.31. The fourth-order valence-electron chi connectivity index (χ4n) is 1.61. The van der Waals surface area contributed by atoms with E-state index in [1.807, 2.05) is 51.2 Å². The van der Waals surface area contributed by atoms with E-state index in [0.29, 0.717) is 19.1 Å². The summed E-state index contributed by atoms with van der Waals surface area (Å²) in [7, 11) is 1.83. The van der Waals surface area contributed by atoms with E-state index >= 15 is 0 Å². The number of carbonyl (C=O) groups is 1. The molecule has 0 saturated carbocycles. The molecule has 0 N–H and O–H groups in total. The van der Waals surface area contributed by atoms with Gasteiger partial charge in [0, 0.05) is 13.6 Å². The van der Waals surface area contributed by atoms with Gasteiger partial charge in [-0.15, -0.1) is 0 Å². The van der Waals surface area contributed by atoms with E-state index in [1.54, 1.807) is 4.90 Å². The van der Waals surface area contributed by atoms with Crippen LogP contribution < -0.4 is 4.74 Å². The smallest absolute Gasteiger partial charge is 0.236 e. The van der Waals surface area contributed by atoms with Gasteiger partial charge in [0.05, 0.1) is 11.4 Å². The SMILES string of the molecule is CC(C)C(Br)C(=O)N(C)CCCOc1ccccc1. The van der Waals surface area contributed by atoms with Gasteiger partial charge in [-0.1, -0.05) is 48.0 Å². The first-order chi connectivity index (χ1) is 9.02. The van der Waals surface area contributed by atoms with Gasteiger partial charge in [0.2, 0.25) is 5.91 Å². The average Bonchev–Trinajstić information content (AvgIpc) is 2.42. The van der Waals surface area contributed by atoms with E-state index in [9.17, 15) is 4.79 Å². The predicted octanol–water partition coefficient (Wildman–Crippen LogP) is 3.33. The van der Waals surface area contributed by atoms with Gasteiger partial charge in [-0.05, 0) is 24.5 Å². The molecule has 0 aliphatic rings. The summed E-state index contributed by atoms with van der Waals surface area (Å²) in [6.07, 6.45) is 0.828. The molecular weight excluding hydrogens is 306 g/mol. The second-order valence-corrected chi connectivity index (χ2v) is 5.91. The summed E-state index contributed by atoms with van der Waals surface area (Å²) in [5, 5.41) is 0. The minimum atomic E-state index is -0.104. The molecule has 1 aromatic rings. The predicted molar refractivity (Wildman–Crippen MR) is 81.7 cm³/mol. The van der Waals surface area contributed by atoms with E-state index in [4.69, 9.17) is 4.74 Å². The number of ether oxygens (including phenoxy) is 1. The van der Waals surface area contributed by atoms with Crippen LogP contribution in [0.2, 0.25) is 0 Å². The number of carbonyl (C=O) groups excluding carboxylic acids is 1. The van der Waals surface area contributed by atoms with Crippen LogP contribution >= 0.6 is 15.9 Å². The molecule has 0 aromatic heterocycles. The van der Waals surface area contributed by atoms with Crippen LogP contribution in [0.5, 0.6) is 5.75 Å². The van der Waals surface area contributed by atoms with E-state index < -0.39 is 0 Å². The molecule has 1 amide bonds. The Hall–Kier alpha value is -1.03. The van der Waals surface area contributed by atoms with Crippen molar-refractivity contribution in [2.45, 2.75) is 25.1 Å².